The average molecular weight is 436 g/mol. The highest BCUT2D eigenvalue weighted by atomic mass is 32.1. The highest BCUT2D eigenvalue weighted by Gasteiger charge is 2.12. The van der Waals surface area contributed by atoms with E-state index < -0.39 is 0 Å². The van der Waals surface area contributed by atoms with Gasteiger partial charge in [0.15, 0.2) is 17.3 Å². The Morgan fingerprint density at radius 3 is 2.58 bits per heavy atom. The summed E-state index contributed by atoms with van der Waals surface area (Å²) < 4.78 is 13.5. The van der Waals surface area contributed by atoms with Crippen molar-refractivity contribution in [2.75, 3.05) is 13.2 Å². The van der Waals surface area contributed by atoms with E-state index in [0.29, 0.717) is 34.3 Å². The summed E-state index contributed by atoms with van der Waals surface area (Å²) in [6, 6.07) is 13.7. The van der Waals surface area contributed by atoms with Crippen LogP contribution < -0.4 is 19.6 Å². The van der Waals surface area contributed by atoms with Crippen LogP contribution in [0.3, 0.4) is 0 Å². The first-order valence-corrected chi connectivity index (χ1v) is 11.3. The van der Waals surface area contributed by atoms with Crippen molar-refractivity contribution in [1.29, 1.82) is 0 Å². The van der Waals surface area contributed by atoms with Crippen molar-refractivity contribution < 1.29 is 9.47 Å². The van der Waals surface area contributed by atoms with Crippen LogP contribution in [0, 0.1) is 6.92 Å². The van der Waals surface area contributed by atoms with Crippen molar-refractivity contribution in [2.45, 2.75) is 33.6 Å². The zero-order valence-electron chi connectivity index (χ0n) is 17.9. The molecule has 4 rings (SSSR count). The maximum atomic E-state index is 12.9. The SMILES string of the molecule is CCCCOc1ccc(C=c2sc3nc(-c4ccc(C)cc4)nn3c2=O)cc1OCC. The maximum absolute atomic E-state index is 12.9. The molecule has 2 aromatic heterocycles. The van der Waals surface area contributed by atoms with Crippen molar-refractivity contribution in [3.05, 3.63) is 68.5 Å². The Morgan fingerprint density at radius 1 is 1.06 bits per heavy atom. The van der Waals surface area contributed by atoms with E-state index in [-0.39, 0.29) is 5.56 Å². The van der Waals surface area contributed by atoms with E-state index in [4.69, 9.17) is 9.47 Å². The van der Waals surface area contributed by atoms with E-state index in [9.17, 15) is 4.79 Å². The van der Waals surface area contributed by atoms with Gasteiger partial charge in [0, 0.05) is 5.56 Å². The minimum atomic E-state index is -0.174. The van der Waals surface area contributed by atoms with Gasteiger partial charge >= 0.3 is 0 Å². The molecular weight excluding hydrogens is 410 g/mol. The molecule has 7 heteroatoms. The predicted octanol–water partition coefficient (Wildman–Crippen LogP) is 4.25. The number of thiazole rings is 1. The summed E-state index contributed by atoms with van der Waals surface area (Å²) in [5.41, 5.74) is 2.75. The van der Waals surface area contributed by atoms with Crippen molar-refractivity contribution in [1.82, 2.24) is 14.6 Å². The lowest BCUT2D eigenvalue weighted by atomic mass is 10.1. The second-order valence-electron chi connectivity index (χ2n) is 7.25. The molecule has 2 aromatic carbocycles. The molecule has 0 radical (unpaired) electrons. The van der Waals surface area contributed by atoms with E-state index >= 15 is 0 Å². The quantitative estimate of drug-likeness (QED) is 0.387. The lowest BCUT2D eigenvalue weighted by Gasteiger charge is -2.12. The zero-order valence-corrected chi connectivity index (χ0v) is 18.7. The van der Waals surface area contributed by atoms with Crippen molar-refractivity contribution in [2.24, 2.45) is 0 Å². The van der Waals surface area contributed by atoms with Gasteiger partial charge in [0.25, 0.3) is 5.56 Å². The van der Waals surface area contributed by atoms with Crippen LogP contribution in [0.2, 0.25) is 0 Å². The molecule has 0 aliphatic heterocycles. The summed E-state index contributed by atoms with van der Waals surface area (Å²) in [5.74, 6) is 1.96. The molecule has 160 valence electrons. The predicted molar refractivity (Wildman–Crippen MR) is 124 cm³/mol. The minimum absolute atomic E-state index is 0.174. The standard InChI is InChI=1S/C24H25N3O3S/c1-4-6-13-30-19-12-9-17(14-20(19)29-5-2)15-21-23(28)27-24(31-21)25-22(26-27)18-10-7-16(3)8-11-18/h7-12,14-15H,4-6,13H2,1-3H3. The van der Waals surface area contributed by atoms with Crippen LogP contribution in [0.4, 0.5) is 0 Å². The number of rotatable bonds is 8. The molecular formula is C24H25N3O3S. The van der Waals surface area contributed by atoms with Crippen LogP contribution in [0.25, 0.3) is 22.4 Å². The van der Waals surface area contributed by atoms with Gasteiger partial charge < -0.3 is 9.47 Å². The molecule has 0 saturated carbocycles. The molecule has 6 nitrogen and oxygen atoms in total. The number of fused-ring (bicyclic) bond motifs is 1. The van der Waals surface area contributed by atoms with E-state index in [0.717, 1.165) is 29.7 Å². The van der Waals surface area contributed by atoms with Gasteiger partial charge in [-0.2, -0.15) is 9.50 Å². The smallest absolute Gasteiger partial charge is 0.291 e. The highest BCUT2D eigenvalue weighted by molar-refractivity contribution is 7.15. The van der Waals surface area contributed by atoms with Gasteiger partial charge in [0.1, 0.15) is 0 Å². The second-order valence-corrected chi connectivity index (χ2v) is 8.26. The molecule has 0 fully saturated rings. The van der Waals surface area contributed by atoms with Crippen LogP contribution in [0.1, 0.15) is 37.8 Å². The van der Waals surface area contributed by atoms with Gasteiger partial charge in [0.2, 0.25) is 4.96 Å². The fourth-order valence-electron chi connectivity index (χ4n) is 3.14. The van der Waals surface area contributed by atoms with E-state index in [1.165, 1.54) is 21.4 Å². The Hall–Kier alpha value is -3.19. The second kappa shape index (κ2) is 9.31. The molecule has 0 N–H and O–H groups in total. The number of aryl methyl sites for hydroxylation is 1. The lowest BCUT2D eigenvalue weighted by Crippen LogP contribution is -2.23. The Bertz CT molecular complexity index is 1290. The molecule has 31 heavy (non-hydrogen) atoms. The maximum Gasteiger partial charge on any atom is 0.291 e. The molecule has 4 aromatic rings. The summed E-state index contributed by atoms with van der Waals surface area (Å²) in [7, 11) is 0. The molecule has 0 spiro atoms. The van der Waals surface area contributed by atoms with Crippen LogP contribution in [-0.4, -0.2) is 27.8 Å². The average Bonchev–Trinajstić information content (AvgIpc) is 3.30. The fourth-order valence-corrected chi connectivity index (χ4v) is 4.05. The minimum Gasteiger partial charge on any atom is -0.490 e. The number of nitrogens with zero attached hydrogens (tertiary/aromatic N) is 3. The van der Waals surface area contributed by atoms with Crippen LogP contribution in [0.15, 0.2) is 47.3 Å². The van der Waals surface area contributed by atoms with Gasteiger partial charge in [-0.25, -0.2) is 0 Å². The molecule has 0 bridgehead atoms. The largest absolute Gasteiger partial charge is 0.490 e. The Kier molecular flexibility index (Phi) is 6.32. The van der Waals surface area contributed by atoms with Crippen LogP contribution in [-0.2, 0) is 0 Å². The normalized spacial score (nSPS) is 11.9. The third kappa shape index (κ3) is 4.61. The lowest BCUT2D eigenvalue weighted by molar-refractivity contribution is 0.272. The molecule has 0 aliphatic rings. The van der Waals surface area contributed by atoms with E-state index in [1.54, 1.807) is 0 Å². The fraction of sp³-hybridized carbons (Fsp3) is 0.292. The van der Waals surface area contributed by atoms with Crippen LogP contribution in [0.5, 0.6) is 11.5 Å². The first-order valence-electron chi connectivity index (χ1n) is 10.5. The number of hydrogen-bond donors (Lipinski definition) is 0. The Balaban J connectivity index is 1.66. The third-order valence-corrected chi connectivity index (χ3v) is 5.77. The molecule has 0 unspecified atom stereocenters. The topological polar surface area (TPSA) is 65.7 Å². The summed E-state index contributed by atoms with van der Waals surface area (Å²) in [5, 5.41) is 4.42. The highest BCUT2D eigenvalue weighted by Crippen LogP contribution is 2.29. The van der Waals surface area contributed by atoms with Gasteiger partial charge in [0.05, 0.1) is 17.7 Å². The van der Waals surface area contributed by atoms with Gasteiger partial charge in [-0.3, -0.25) is 4.79 Å². The summed E-state index contributed by atoms with van der Waals surface area (Å²) in [6.45, 7) is 7.29. The first kappa shape index (κ1) is 21.1. The monoisotopic (exact) mass is 435 g/mol. The van der Waals surface area contributed by atoms with Crippen molar-refractivity contribution >= 4 is 22.4 Å². The number of ether oxygens (including phenoxy) is 2. The number of aromatic nitrogens is 3. The van der Waals surface area contributed by atoms with Crippen molar-refractivity contribution in [3.63, 3.8) is 0 Å². The van der Waals surface area contributed by atoms with Crippen molar-refractivity contribution in [3.8, 4) is 22.9 Å². The van der Waals surface area contributed by atoms with Gasteiger partial charge in [-0.05, 0) is 44.0 Å². The molecule has 0 saturated heterocycles. The molecule has 2 heterocycles. The molecule has 0 amide bonds. The van der Waals surface area contributed by atoms with Gasteiger partial charge in [-0.1, -0.05) is 60.6 Å². The van der Waals surface area contributed by atoms with E-state index in [1.807, 2.05) is 62.4 Å². The van der Waals surface area contributed by atoms with Gasteiger partial charge in [-0.15, -0.1) is 5.10 Å². The molecule has 0 atom stereocenters. The first-order chi connectivity index (χ1) is 15.1. The summed E-state index contributed by atoms with van der Waals surface area (Å²) in [6.07, 6.45) is 3.90. The Morgan fingerprint density at radius 2 is 1.87 bits per heavy atom. The van der Waals surface area contributed by atoms with Crippen LogP contribution >= 0.6 is 11.3 Å². The summed E-state index contributed by atoms with van der Waals surface area (Å²) in [4.78, 5) is 18.0. The Labute approximate surface area is 184 Å². The molecule has 0 aliphatic carbocycles. The number of unbranched alkanes of at least 4 members (excludes halogenated alkanes) is 1. The van der Waals surface area contributed by atoms with E-state index in [2.05, 4.69) is 17.0 Å². The number of benzene rings is 2. The number of hydrogen-bond acceptors (Lipinski definition) is 6. The summed E-state index contributed by atoms with van der Waals surface area (Å²) >= 11 is 1.33. The zero-order chi connectivity index (χ0) is 21.8. The third-order valence-electron chi connectivity index (χ3n) is 4.81.